The monoisotopic (exact) mass is 379 g/mol. The molecule has 0 bridgehead atoms. The predicted octanol–water partition coefficient (Wildman–Crippen LogP) is 4.67. The van der Waals surface area contributed by atoms with Crippen molar-refractivity contribution in [3.05, 3.63) is 52.3 Å². The van der Waals surface area contributed by atoms with E-state index >= 15 is 0 Å². The Kier molecular flexibility index (Phi) is 5.31. The van der Waals surface area contributed by atoms with Crippen LogP contribution in [0.5, 0.6) is 11.5 Å². The van der Waals surface area contributed by atoms with E-state index in [0.717, 1.165) is 5.69 Å². The molecule has 8 heteroatoms. The molecule has 1 N–H and O–H groups in total. The molecule has 0 amide bonds. The van der Waals surface area contributed by atoms with Gasteiger partial charge in [-0.25, -0.2) is 0 Å². The minimum Gasteiger partial charge on any atom is -0.497 e. The highest BCUT2D eigenvalue weighted by Crippen LogP contribution is 2.31. The topological polar surface area (TPSA) is 69.4 Å². The zero-order valence-electron chi connectivity index (χ0n) is 13.5. The van der Waals surface area contributed by atoms with Crippen molar-refractivity contribution in [3.8, 4) is 22.9 Å². The number of halogens is 2. The van der Waals surface area contributed by atoms with Gasteiger partial charge in [-0.2, -0.15) is 4.98 Å². The Balaban J connectivity index is 1.75. The van der Waals surface area contributed by atoms with E-state index in [2.05, 4.69) is 15.5 Å². The second kappa shape index (κ2) is 7.63. The molecule has 0 radical (unpaired) electrons. The second-order valence-electron chi connectivity index (χ2n) is 5.06. The fourth-order valence-electron chi connectivity index (χ4n) is 2.20. The van der Waals surface area contributed by atoms with E-state index in [1.165, 1.54) is 0 Å². The summed E-state index contributed by atoms with van der Waals surface area (Å²) < 4.78 is 15.8. The van der Waals surface area contributed by atoms with Gasteiger partial charge in [0.15, 0.2) is 0 Å². The van der Waals surface area contributed by atoms with Gasteiger partial charge in [0.2, 0.25) is 11.7 Å². The summed E-state index contributed by atoms with van der Waals surface area (Å²) in [7, 11) is 3.17. The molecule has 0 saturated carbocycles. The van der Waals surface area contributed by atoms with Crippen LogP contribution in [-0.4, -0.2) is 24.4 Å². The van der Waals surface area contributed by atoms with Crippen molar-refractivity contribution in [1.29, 1.82) is 0 Å². The number of methoxy groups -OCH3 is 2. The third-order valence-electron chi connectivity index (χ3n) is 3.48. The Hall–Kier alpha value is -2.44. The minimum absolute atomic E-state index is 0.351. The van der Waals surface area contributed by atoms with Crippen molar-refractivity contribution in [1.82, 2.24) is 10.1 Å². The number of hydrogen-bond acceptors (Lipinski definition) is 6. The highest BCUT2D eigenvalue weighted by molar-refractivity contribution is 6.42. The summed E-state index contributed by atoms with van der Waals surface area (Å²) in [5.41, 5.74) is 1.52. The Morgan fingerprint density at radius 1 is 1.04 bits per heavy atom. The SMILES string of the molecule is COc1ccc(-c2noc(CNc3ccc(Cl)c(Cl)c3)n2)c(OC)c1. The molecule has 0 unspecified atom stereocenters. The maximum Gasteiger partial charge on any atom is 0.246 e. The summed E-state index contributed by atoms with van der Waals surface area (Å²) in [6, 6.07) is 10.7. The molecule has 1 aromatic heterocycles. The summed E-state index contributed by atoms with van der Waals surface area (Å²) in [6.07, 6.45) is 0. The van der Waals surface area contributed by atoms with Gasteiger partial charge in [0, 0.05) is 11.8 Å². The number of rotatable bonds is 6. The van der Waals surface area contributed by atoms with Crippen LogP contribution in [0.1, 0.15) is 5.89 Å². The Labute approximate surface area is 154 Å². The van der Waals surface area contributed by atoms with Crippen LogP contribution in [0.3, 0.4) is 0 Å². The van der Waals surface area contributed by atoms with Gasteiger partial charge in [0.25, 0.3) is 0 Å². The summed E-state index contributed by atoms with van der Waals surface area (Å²) in [6.45, 7) is 0.351. The maximum atomic E-state index is 5.99. The van der Waals surface area contributed by atoms with Crippen LogP contribution in [-0.2, 0) is 6.54 Å². The van der Waals surface area contributed by atoms with Gasteiger partial charge in [0.1, 0.15) is 11.5 Å². The average Bonchev–Trinajstić information content (AvgIpc) is 3.11. The minimum atomic E-state index is 0.351. The largest absolute Gasteiger partial charge is 0.497 e. The lowest BCUT2D eigenvalue weighted by Crippen LogP contribution is -1.99. The number of nitrogens with one attached hydrogen (secondary N) is 1. The van der Waals surface area contributed by atoms with Crippen LogP contribution in [0.25, 0.3) is 11.4 Å². The third-order valence-corrected chi connectivity index (χ3v) is 4.22. The predicted molar refractivity (Wildman–Crippen MR) is 96.6 cm³/mol. The van der Waals surface area contributed by atoms with E-state index in [0.29, 0.717) is 45.4 Å². The van der Waals surface area contributed by atoms with Gasteiger partial charge in [-0.05, 0) is 30.3 Å². The van der Waals surface area contributed by atoms with Crippen LogP contribution in [0.4, 0.5) is 5.69 Å². The molecule has 0 aliphatic carbocycles. The van der Waals surface area contributed by atoms with E-state index in [9.17, 15) is 0 Å². The number of nitrogens with zero attached hydrogens (tertiary/aromatic N) is 2. The van der Waals surface area contributed by atoms with E-state index in [1.54, 1.807) is 32.4 Å². The first kappa shape index (κ1) is 17.4. The first-order chi connectivity index (χ1) is 12.1. The molecule has 0 aliphatic heterocycles. The van der Waals surface area contributed by atoms with E-state index in [4.69, 9.17) is 37.2 Å². The molecule has 3 rings (SSSR count). The standard InChI is InChI=1S/C17H15Cl2N3O3/c1-23-11-4-5-12(15(8-11)24-2)17-21-16(25-22-17)9-20-10-3-6-13(18)14(19)7-10/h3-8,20H,9H2,1-2H3. The van der Waals surface area contributed by atoms with Gasteiger partial charge >= 0.3 is 0 Å². The fraction of sp³-hybridized carbons (Fsp3) is 0.176. The zero-order chi connectivity index (χ0) is 17.8. The number of ether oxygens (including phenoxy) is 2. The molecular weight excluding hydrogens is 365 g/mol. The Morgan fingerprint density at radius 3 is 2.60 bits per heavy atom. The summed E-state index contributed by atoms with van der Waals surface area (Å²) >= 11 is 11.9. The molecule has 6 nitrogen and oxygen atoms in total. The van der Waals surface area contributed by atoms with Gasteiger partial charge in [-0.15, -0.1) is 0 Å². The lowest BCUT2D eigenvalue weighted by atomic mass is 10.2. The smallest absolute Gasteiger partial charge is 0.246 e. The number of hydrogen-bond donors (Lipinski definition) is 1. The summed E-state index contributed by atoms with van der Waals surface area (Å²) in [5, 5.41) is 8.12. The van der Waals surface area contributed by atoms with Crippen LogP contribution in [0, 0.1) is 0 Å². The van der Waals surface area contributed by atoms with Crippen LogP contribution in [0.2, 0.25) is 10.0 Å². The molecule has 0 saturated heterocycles. The van der Waals surface area contributed by atoms with Crippen molar-refractivity contribution in [2.24, 2.45) is 0 Å². The fourth-order valence-corrected chi connectivity index (χ4v) is 2.50. The van der Waals surface area contributed by atoms with Crippen molar-refractivity contribution in [2.75, 3.05) is 19.5 Å². The first-order valence-corrected chi connectivity index (χ1v) is 8.10. The lowest BCUT2D eigenvalue weighted by molar-refractivity contribution is 0.382. The molecule has 0 atom stereocenters. The van der Waals surface area contributed by atoms with Crippen LogP contribution >= 0.6 is 23.2 Å². The van der Waals surface area contributed by atoms with E-state index < -0.39 is 0 Å². The van der Waals surface area contributed by atoms with Gasteiger partial charge < -0.3 is 19.3 Å². The van der Waals surface area contributed by atoms with Gasteiger partial charge in [-0.1, -0.05) is 28.4 Å². The molecule has 2 aromatic carbocycles. The Bertz CT molecular complexity index is 883. The maximum absolute atomic E-state index is 5.99. The van der Waals surface area contributed by atoms with Crippen LogP contribution < -0.4 is 14.8 Å². The molecule has 130 valence electrons. The van der Waals surface area contributed by atoms with E-state index in [1.807, 2.05) is 18.2 Å². The zero-order valence-corrected chi connectivity index (χ0v) is 15.1. The third kappa shape index (κ3) is 3.97. The van der Waals surface area contributed by atoms with Gasteiger partial charge in [0.05, 0.1) is 36.4 Å². The van der Waals surface area contributed by atoms with Crippen molar-refractivity contribution >= 4 is 28.9 Å². The highest BCUT2D eigenvalue weighted by atomic mass is 35.5. The second-order valence-corrected chi connectivity index (χ2v) is 5.87. The average molecular weight is 380 g/mol. The molecule has 0 spiro atoms. The molecule has 0 fully saturated rings. The number of aromatic nitrogens is 2. The van der Waals surface area contributed by atoms with Crippen molar-refractivity contribution in [2.45, 2.75) is 6.54 Å². The van der Waals surface area contributed by atoms with Crippen molar-refractivity contribution in [3.63, 3.8) is 0 Å². The Morgan fingerprint density at radius 2 is 1.88 bits per heavy atom. The van der Waals surface area contributed by atoms with Gasteiger partial charge in [-0.3, -0.25) is 0 Å². The lowest BCUT2D eigenvalue weighted by Gasteiger charge is -2.07. The summed E-state index contributed by atoms with van der Waals surface area (Å²) in [5.74, 6) is 2.15. The molecule has 0 aliphatic rings. The molecule has 1 heterocycles. The summed E-state index contributed by atoms with van der Waals surface area (Å²) in [4.78, 5) is 4.38. The highest BCUT2D eigenvalue weighted by Gasteiger charge is 2.14. The molecule has 25 heavy (non-hydrogen) atoms. The molecular formula is C17H15Cl2N3O3. The normalized spacial score (nSPS) is 10.6. The number of anilines is 1. The molecule has 3 aromatic rings. The van der Waals surface area contributed by atoms with Crippen molar-refractivity contribution < 1.29 is 14.0 Å². The first-order valence-electron chi connectivity index (χ1n) is 7.34. The van der Waals surface area contributed by atoms with Crippen LogP contribution in [0.15, 0.2) is 40.9 Å². The number of benzene rings is 2. The van der Waals surface area contributed by atoms with E-state index in [-0.39, 0.29) is 0 Å². The quantitative estimate of drug-likeness (QED) is 0.670.